The molecule has 0 fully saturated rings. The highest BCUT2D eigenvalue weighted by atomic mass is 35.5. The summed E-state index contributed by atoms with van der Waals surface area (Å²) in [6, 6.07) is 6.11. The van der Waals surface area contributed by atoms with Gasteiger partial charge in [0.05, 0.1) is 17.2 Å². The maximum Gasteiger partial charge on any atom is 0.149 e. The van der Waals surface area contributed by atoms with Crippen LogP contribution >= 0.6 is 11.6 Å². The summed E-state index contributed by atoms with van der Waals surface area (Å²) in [6.07, 6.45) is 0. The van der Waals surface area contributed by atoms with Crippen LogP contribution in [0.5, 0.6) is 0 Å². The zero-order valence-electron chi connectivity index (χ0n) is 9.65. The molecule has 0 bridgehead atoms. The van der Waals surface area contributed by atoms with E-state index in [0.29, 0.717) is 5.76 Å². The zero-order valence-corrected chi connectivity index (χ0v) is 11.2. The second kappa shape index (κ2) is 5.63. The molecule has 18 heavy (non-hydrogen) atoms. The van der Waals surface area contributed by atoms with Gasteiger partial charge < -0.3 is 4.52 Å². The topological polar surface area (TPSA) is 43.1 Å². The Hall–Kier alpha value is -1.20. The average molecular weight is 288 g/mol. The molecule has 0 spiro atoms. The van der Waals surface area contributed by atoms with Crippen molar-refractivity contribution in [3.8, 4) is 0 Å². The lowest BCUT2D eigenvalue weighted by atomic mass is 10.2. The predicted octanol–water partition coefficient (Wildman–Crippen LogP) is 3.22. The van der Waals surface area contributed by atoms with E-state index in [0.717, 1.165) is 5.69 Å². The lowest BCUT2D eigenvalue weighted by Crippen LogP contribution is -2.01. The first-order chi connectivity index (χ1) is 8.56. The van der Waals surface area contributed by atoms with Gasteiger partial charge in [-0.1, -0.05) is 22.8 Å². The molecule has 1 aromatic heterocycles. The van der Waals surface area contributed by atoms with Gasteiger partial charge in [-0.05, 0) is 19.1 Å². The van der Waals surface area contributed by atoms with Crippen molar-refractivity contribution in [1.29, 1.82) is 0 Å². The maximum absolute atomic E-state index is 13.5. The molecule has 0 saturated carbocycles. The second-order valence-electron chi connectivity index (χ2n) is 3.86. The molecule has 0 aliphatic heterocycles. The van der Waals surface area contributed by atoms with E-state index >= 15 is 0 Å². The highest BCUT2D eigenvalue weighted by Crippen LogP contribution is 2.21. The third-order valence-electron chi connectivity index (χ3n) is 2.35. The predicted molar refractivity (Wildman–Crippen MR) is 68.2 cm³/mol. The number of halogens is 2. The van der Waals surface area contributed by atoms with Crippen molar-refractivity contribution in [1.82, 2.24) is 5.16 Å². The van der Waals surface area contributed by atoms with Crippen molar-refractivity contribution in [2.24, 2.45) is 0 Å². The Morgan fingerprint density at radius 1 is 1.44 bits per heavy atom. The van der Waals surface area contributed by atoms with Gasteiger partial charge in [-0.2, -0.15) is 0 Å². The van der Waals surface area contributed by atoms with E-state index in [1.165, 1.54) is 12.1 Å². The molecule has 0 saturated heterocycles. The van der Waals surface area contributed by atoms with Crippen LogP contribution in [0.1, 0.15) is 17.0 Å². The molecule has 6 heteroatoms. The van der Waals surface area contributed by atoms with Crippen molar-refractivity contribution in [3.63, 3.8) is 0 Å². The van der Waals surface area contributed by atoms with Gasteiger partial charge in [0.1, 0.15) is 11.6 Å². The van der Waals surface area contributed by atoms with Crippen molar-refractivity contribution in [2.45, 2.75) is 18.4 Å². The summed E-state index contributed by atoms with van der Waals surface area (Å²) >= 11 is 5.87. The first kappa shape index (κ1) is 13.2. The SMILES string of the molecule is Cc1cc(C[S@](=O)Cc2c(F)cccc2Cl)on1. The summed E-state index contributed by atoms with van der Waals surface area (Å²) in [5.41, 5.74) is 1.000. The van der Waals surface area contributed by atoms with E-state index in [4.69, 9.17) is 16.1 Å². The standard InChI is InChI=1S/C12H11ClFNO2S/c1-8-5-9(17-15-8)6-18(16)7-10-11(13)3-2-4-12(10)14/h2-5H,6-7H2,1H3/t18-/m0/s1. The fourth-order valence-corrected chi connectivity index (χ4v) is 3.01. The molecule has 2 rings (SSSR count). The Morgan fingerprint density at radius 2 is 2.22 bits per heavy atom. The minimum Gasteiger partial charge on any atom is -0.360 e. The number of aryl methyl sites for hydroxylation is 1. The van der Waals surface area contributed by atoms with E-state index < -0.39 is 16.6 Å². The molecule has 0 amide bonds. The third kappa shape index (κ3) is 3.17. The van der Waals surface area contributed by atoms with E-state index in [1.54, 1.807) is 19.1 Å². The molecule has 0 N–H and O–H groups in total. The van der Waals surface area contributed by atoms with Gasteiger partial charge >= 0.3 is 0 Å². The molecular weight excluding hydrogens is 277 g/mol. The summed E-state index contributed by atoms with van der Waals surface area (Å²) in [5.74, 6) is 0.347. The summed E-state index contributed by atoms with van der Waals surface area (Å²) < 4.78 is 30.4. The van der Waals surface area contributed by atoms with Gasteiger partial charge in [0, 0.05) is 27.5 Å². The smallest absolute Gasteiger partial charge is 0.149 e. The lowest BCUT2D eigenvalue weighted by Gasteiger charge is -2.04. The van der Waals surface area contributed by atoms with Crippen LogP contribution in [0.15, 0.2) is 28.8 Å². The van der Waals surface area contributed by atoms with E-state index in [2.05, 4.69) is 5.16 Å². The molecule has 96 valence electrons. The molecule has 0 aliphatic carbocycles. The Labute approximate surface area is 111 Å². The number of hydrogen-bond donors (Lipinski definition) is 0. The monoisotopic (exact) mass is 287 g/mol. The highest BCUT2D eigenvalue weighted by molar-refractivity contribution is 7.83. The van der Waals surface area contributed by atoms with E-state index in [1.807, 2.05) is 0 Å². The van der Waals surface area contributed by atoms with Crippen molar-refractivity contribution < 1.29 is 13.1 Å². The molecule has 3 nitrogen and oxygen atoms in total. The van der Waals surface area contributed by atoms with Crippen molar-refractivity contribution in [3.05, 3.63) is 52.1 Å². The molecule has 1 atom stereocenters. The van der Waals surface area contributed by atoms with Gasteiger partial charge in [-0.15, -0.1) is 0 Å². The van der Waals surface area contributed by atoms with Gasteiger partial charge in [-0.3, -0.25) is 4.21 Å². The number of rotatable bonds is 4. The Kier molecular flexibility index (Phi) is 4.14. The van der Waals surface area contributed by atoms with Gasteiger partial charge in [-0.25, -0.2) is 4.39 Å². The molecule has 1 heterocycles. The summed E-state index contributed by atoms with van der Waals surface area (Å²) in [6.45, 7) is 1.78. The highest BCUT2D eigenvalue weighted by Gasteiger charge is 2.13. The lowest BCUT2D eigenvalue weighted by molar-refractivity contribution is 0.390. The largest absolute Gasteiger partial charge is 0.360 e. The molecule has 0 aliphatic rings. The fourth-order valence-electron chi connectivity index (χ4n) is 1.53. The van der Waals surface area contributed by atoms with Crippen LogP contribution in [-0.4, -0.2) is 9.37 Å². The first-order valence-corrected chi connectivity index (χ1v) is 7.13. The second-order valence-corrected chi connectivity index (χ2v) is 5.73. The van der Waals surface area contributed by atoms with Crippen LogP contribution in [0.3, 0.4) is 0 Å². The van der Waals surface area contributed by atoms with Crippen molar-refractivity contribution >= 4 is 22.4 Å². The fraction of sp³-hybridized carbons (Fsp3) is 0.250. The first-order valence-electron chi connectivity index (χ1n) is 5.26. The zero-order chi connectivity index (χ0) is 13.1. The minimum atomic E-state index is -1.29. The average Bonchev–Trinajstić information content (AvgIpc) is 2.69. The van der Waals surface area contributed by atoms with E-state index in [-0.39, 0.29) is 22.1 Å². The maximum atomic E-state index is 13.5. The summed E-state index contributed by atoms with van der Waals surface area (Å²) in [4.78, 5) is 0. The summed E-state index contributed by atoms with van der Waals surface area (Å²) in [5, 5.41) is 3.99. The number of aromatic nitrogens is 1. The normalized spacial score (nSPS) is 12.6. The molecule has 0 unspecified atom stereocenters. The van der Waals surface area contributed by atoms with Crippen LogP contribution in [0.4, 0.5) is 4.39 Å². The van der Waals surface area contributed by atoms with Gasteiger partial charge in [0.15, 0.2) is 0 Å². The number of nitrogens with zero attached hydrogens (tertiary/aromatic N) is 1. The van der Waals surface area contributed by atoms with Gasteiger partial charge in [0.25, 0.3) is 0 Å². The van der Waals surface area contributed by atoms with Crippen LogP contribution in [0.25, 0.3) is 0 Å². The molecule has 1 aromatic carbocycles. The molecule has 0 radical (unpaired) electrons. The molecular formula is C12H11ClFNO2S. The minimum absolute atomic E-state index is 0.0608. The Bertz CT molecular complexity index is 565. The van der Waals surface area contributed by atoms with Crippen LogP contribution < -0.4 is 0 Å². The van der Waals surface area contributed by atoms with Crippen LogP contribution in [0, 0.1) is 12.7 Å². The van der Waals surface area contributed by atoms with Gasteiger partial charge in [0.2, 0.25) is 0 Å². The molecule has 2 aromatic rings. The summed E-state index contributed by atoms with van der Waals surface area (Å²) in [7, 11) is -1.29. The quantitative estimate of drug-likeness (QED) is 0.867. The van der Waals surface area contributed by atoms with Crippen molar-refractivity contribution in [2.75, 3.05) is 0 Å². The third-order valence-corrected chi connectivity index (χ3v) is 3.92. The Morgan fingerprint density at radius 3 is 2.83 bits per heavy atom. The number of hydrogen-bond acceptors (Lipinski definition) is 3. The number of benzene rings is 1. The Balaban J connectivity index is 2.08. The van der Waals surface area contributed by atoms with E-state index in [9.17, 15) is 8.60 Å². The van der Waals surface area contributed by atoms with Crippen LogP contribution in [-0.2, 0) is 22.3 Å². The van der Waals surface area contributed by atoms with Crippen LogP contribution in [0.2, 0.25) is 5.02 Å².